The third kappa shape index (κ3) is 3.83. The molecule has 3 atom stereocenters. The smallest absolute Gasteiger partial charge is 0.236 e. The summed E-state index contributed by atoms with van der Waals surface area (Å²) in [5.74, 6) is 0.804. The Morgan fingerprint density at radius 1 is 1.06 bits per heavy atom. The molecule has 0 radical (unpaired) electrons. The molecule has 2 N–H and O–H groups in total. The SMILES string of the molecule is COc1ccccc1N1C(=S)NC2c3cccc(OC)c3OC1(C)C2C(=O)Nc1ccc(Cl)cc1. The molecule has 2 bridgehead atoms. The summed E-state index contributed by atoms with van der Waals surface area (Å²) >= 11 is 11.8. The molecular weight excluding hydrogens is 486 g/mol. The number of rotatable bonds is 5. The number of nitrogens with zero attached hydrogens (tertiary/aromatic N) is 1. The average molecular weight is 510 g/mol. The number of thiocarbonyl (C=S) groups is 1. The van der Waals surface area contributed by atoms with Gasteiger partial charge in [0.15, 0.2) is 22.3 Å². The molecular formula is C26H24ClN3O4S. The van der Waals surface area contributed by atoms with E-state index in [1.54, 1.807) is 43.4 Å². The number of para-hydroxylation sites is 3. The minimum Gasteiger partial charge on any atom is -0.495 e. The van der Waals surface area contributed by atoms with Crippen LogP contribution in [0.25, 0.3) is 0 Å². The number of carbonyl (C=O) groups is 1. The summed E-state index contributed by atoms with van der Waals surface area (Å²) in [5.41, 5.74) is 0.889. The van der Waals surface area contributed by atoms with Crippen LogP contribution in [0.3, 0.4) is 0 Å². The van der Waals surface area contributed by atoms with E-state index < -0.39 is 17.7 Å². The van der Waals surface area contributed by atoms with Crippen molar-refractivity contribution in [2.24, 2.45) is 5.92 Å². The summed E-state index contributed by atoms with van der Waals surface area (Å²) in [4.78, 5) is 15.7. The van der Waals surface area contributed by atoms with E-state index in [2.05, 4.69) is 10.6 Å². The number of hydrogen-bond donors (Lipinski definition) is 2. The van der Waals surface area contributed by atoms with E-state index in [4.69, 9.17) is 38.0 Å². The molecule has 0 aromatic heterocycles. The maximum Gasteiger partial charge on any atom is 0.236 e. The van der Waals surface area contributed by atoms with Gasteiger partial charge >= 0.3 is 0 Å². The van der Waals surface area contributed by atoms with Crippen molar-refractivity contribution < 1.29 is 19.0 Å². The second kappa shape index (κ2) is 8.94. The van der Waals surface area contributed by atoms with Crippen molar-refractivity contribution in [1.82, 2.24) is 5.32 Å². The maximum absolute atomic E-state index is 13.9. The number of halogens is 1. The van der Waals surface area contributed by atoms with Gasteiger partial charge in [0.1, 0.15) is 11.7 Å². The molecule has 2 aliphatic rings. The van der Waals surface area contributed by atoms with Crippen LogP contribution in [0.5, 0.6) is 17.2 Å². The molecule has 0 aliphatic carbocycles. The highest BCUT2D eigenvalue weighted by atomic mass is 35.5. The zero-order chi connectivity index (χ0) is 24.7. The van der Waals surface area contributed by atoms with E-state index in [0.717, 1.165) is 5.56 Å². The second-order valence-corrected chi connectivity index (χ2v) is 9.27. The summed E-state index contributed by atoms with van der Waals surface area (Å²) in [6.07, 6.45) is 0. The van der Waals surface area contributed by atoms with Gasteiger partial charge in [0, 0.05) is 16.3 Å². The Morgan fingerprint density at radius 3 is 2.46 bits per heavy atom. The van der Waals surface area contributed by atoms with Crippen molar-refractivity contribution in [2.45, 2.75) is 18.7 Å². The van der Waals surface area contributed by atoms with Crippen LogP contribution in [-0.2, 0) is 4.79 Å². The molecule has 1 fully saturated rings. The van der Waals surface area contributed by atoms with Crippen molar-refractivity contribution in [3.63, 3.8) is 0 Å². The molecule has 7 nitrogen and oxygen atoms in total. The van der Waals surface area contributed by atoms with Crippen LogP contribution in [-0.4, -0.2) is 31.0 Å². The number of anilines is 2. The van der Waals surface area contributed by atoms with Gasteiger partial charge in [0.05, 0.1) is 25.9 Å². The standard InChI is InChI=1S/C26H24ClN3O4S/c1-26-21(24(31)28-16-13-11-15(27)12-14-16)22(17-7-6-10-20(33-3)23(17)34-26)29-25(35)30(26)18-8-4-5-9-19(18)32-2/h4-14,21-22H,1-3H3,(H,28,31)(H,29,35). The summed E-state index contributed by atoms with van der Waals surface area (Å²) in [7, 11) is 3.18. The predicted octanol–water partition coefficient (Wildman–Crippen LogP) is 5.16. The van der Waals surface area contributed by atoms with E-state index in [-0.39, 0.29) is 5.91 Å². The summed E-state index contributed by atoms with van der Waals surface area (Å²) in [6, 6.07) is 19.6. The van der Waals surface area contributed by atoms with Gasteiger partial charge in [-0.3, -0.25) is 9.69 Å². The Bertz CT molecular complexity index is 1300. The fraction of sp³-hybridized carbons (Fsp3) is 0.231. The topological polar surface area (TPSA) is 72.1 Å². The van der Waals surface area contributed by atoms with Crippen LogP contribution in [0, 0.1) is 5.92 Å². The van der Waals surface area contributed by atoms with Gasteiger partial charge in [-0.1, -0.05) is 35.9 Å². The number of methoxy groups -OCH3 is 2. The van der Waals surface area contributed by atoms with Crippen molar-refractivity contribution in [2.75, 3.05) is 24.4 Å². The Morgan fingerprint density at radius 2 is 1.74 bits per heavy atom. The van der Waals surface area contributed by atoms with Gasteiger partial charge < -0.3 is 24.8 Å². The minimum absolute atomic E-state index is 0.233. The normalized spacial score (nSPS) is 22.4. The fourth-order valence-electron chi connectivity index (χ4n) is 4.86. The second-order valence-electron chi connectivity index (χ2n) is 8.44. The Labute approximate surface area is 213 Å². The third-order valence-corrected chi connectivity index (χ3v) is 6.98. The highest BCUT2D eigenvalue weighted by Gasteiger charge is 2.60. The summed E-state index contributed by atoms with van der Waals surface area (Å²) < 4.78 is 17.9. The van der Waals surface area contributed by atoms with Crippen molar-refractivity contribution in [3.8, 4) is 17.2 Å². The zero-order valence-electron chi connectivity index (χ0n) is 19.4. The number of carbonyl (C=O) groups excluding carboxylic acids is 1. The molecule has 0 saturated carbocycles. The lowest BCUT2D eigenvalue weighted by atomic mass is 9.78. The van der Waals surface area contributed by atoms with E-state index >= 15 is 0 Å². The Kier molecular flexibility index (Phi) is 5.94. The molecule has 0 spiro atoms. The maximum atomic E-state index is 13.9. The van der Waals surface area contributed by atoms with E-state index in [0.29, 0.717) is 38.8 Å². The molecule has 180 valence electrons. The van der Waals surface area contributed by atoms with Crippen molar-refractivity contribution in [3.05, 3.63) is 77.3 Å². The van der Waals surface area contributed by atoms with Gasteiger partial charge in [-0.25, -0.2) is 0 Å². The molecule has 2 aliphatic heterocycles. The lowest BCUT2D eigenvalue weighted by molar-refractivity contribution is -0.130. The van der Waals surface area contributed by atoms with Crippen LogP contribution in [0.1, 0.15) is 18.5 Å². The summed E-state index contributed by atoms with van der Waals surface area (Å²) in [6.45, 7) is 1.86. The number of amides is 1. The molecule has 3 unspecified atom stereocenters. The molecule has 9 heteroatoms. The highest BCUT2D eigenvalue weighted by Crippen LogP contribution is 2.53. The fourth-order valence-corrected chi connectivity index (χ4v) is 5.40. The molecule has 35 heavy (non-hydrogen) atoms. The lowest BCUT2D eigenvalue weighted by Gasteiger charge is -2.56. The highest BCUT2D eigenvalue weighted by molar-refractivity contribution is 7.80. The average Bonchev–Trinajstić information content (AvgIpc) is 2.85. The number of nitrogens with one attached hydrogen (secondary N) is 2. The van der Waals surface area contributed by atoms with Crippen LogP contribution >= 0.6 is 23.8 Å². The molecule has 2 heterocycles. The molecule has 3 aromatic carbocycles. The Hall–Kier alpha value is -3.49. The number of benzene rings is 3. The number of fused-ring (bicyclic) bond motifs is 4. The number of hydrogen-bond acceptors (Lipinski definition) is 5. The minimum atomic E-state index is -1.21. The van der Waals surface area contributed by atoms with Gasteiger partial charge in [-0.15, -0.1) is 0 Å². The van der Waals surface area contributed by atoms with Crippen LogP contribution < -0.4 is 29.7 Å². The van der Waals surface area contributed by atoms with E-state index in [1.165, 1.54) is 0 Å². The quantitative estimate of drug-likeness (QED) is 0.460. The zero-order valence-corrected chi connectivity index (χ0v) is 20.9. The van der Waals surface area contributed by atoms with Gasteiger partial charge in [-0.05, 0) is 61.6 Å². The first-order valence-electron chi connectivity index (χ1n) is 11.0. The predicted molar refractivity (Wildman–Crippen MR) is 140 cm³/mol. The third-order valence-electron chi connectivity index (χ3n) is 6.43. The largest absolute Gasteiger partial charge is 0.495 e. The van der Waals surface area contributed by atoms with Crippen LogP contribution in [0.2, 0.25) is 5.02 Å². The summed E-state index contributed by atoms with van der Waals surface area (Å²) in [5, 5.41) is 7.42. The lowest BCUT2D eigenvalue weighted by Crippen LogP contribution is -2.72. The first-order valence-corrected chi connectivity index (χ1v) is 11.8. The van der Waals surface area contributed by atoms with Gasteiger partial charge in [0.2, 0.25) is 5.91 Å². The first kappa shape index (κ1) is 23.3. The molecule has 1 saturated heterocycles. The Balaban J connectivity index is 1.66. The van der Waals surface area contributed by atoms with E-state index in [1.807, 2.05) is 49.4 Å². The van der Waals surface area contributed by atoms with Crippen LogP contribution in [0.4, 0.5) is 11.4 Å². The molecule has 3 aromatic rings. The van der Waals surface area contributed by atoms with Gasteiger partial charge in [-0.2, -0.15) is 0 Å². The van der Waals surface area contributed by atoms with Crippen LogP contribution in [0.15, 0.2) is 66.7 Å². The first-order chi connectivity index (χ1) is 16.9. The molecule has 5 rings (SSSR count). The van der Waals surface area contributed by atoms with Crippen molar-refractivity contribution in [1.29, 1.82) is 0 Å². The van der Waals surface area contributed by atoms with Gasteiger partial charge in [0.25, 0.3) is 0 Å². The molecule has 1 amide bonds. The number of ether oxygens (including phenoxy) is 3. The van der Waals surface area contributed by atoms with Crippen molar-refractivity contribution >= 4 is 46.2 Å². The monoisotopic (exact) mass is 509 g/mol. The van der Waals surface area contributed by atoms with E-state index in [9.17, 15) is 4.79 Å².